The molecule has 0 aromatic heterocycles. The minimum atomic E-state index is -0.952. The molecule has 1 unspecified atom stereocenters. The number of aliphatic carboxylic acids is 1. The molecule has 0 saturated heterocycles. The average Bonchev–Trinajstić information content (AvgIpc) is 2.43. The molecule has 0 aliphatic heterocycles. The van der Waals surface area contributed by atoms with Gasteiger partial charge < -0.3 is 15.7 Å². The van der Waals surface area contributed by atoms with Gasteiger partial charge in [0.1, 0.15) is 6.04 Å². The van der Waals surface area contributed by atoms with E-state index in [-0.39, 0.29) is 0 Å². The topological polar surface area (TPSA) is 66.6 Å². The minimum absolute atomic E-state index is 0.426. The van der Waals surface area contributed by atoms with Gasteiger partial charge in [0, 0.05) is 24.7 Å². The Balaban J connectivity index is 2.17. The zero-order valence-corrected chi connectivity index (χ0v) is 10.9. The van der Waals surface area contributed by atoms with E-state index in [0.717, 1.165) is 11.1 Å². The summed E-state index contributed by atoms with van der Waals surface area (Å²) < 4.78 is 0. The van der Waals surface area contributed by atoms with Crippen molar-refractivity contribution in [1.82, 2.24) is 0 Å². The summed E-state index contributed by atoms with van der Waals surface area (Å²) in [6, 6.07) is 13.4. The molecule has 0 aliphatic carbocycles. The lowest BCUT2D eigenvalue weighted by Crippen LogP contribution is -2.34. The number of carboxylic acid groups (broad SMARTS) is 1. The number of carbonyl (C=O) groups is 1. The number of nitrogens with zero attached hydrogens (tertiary/aromatic N) is 1. The van der Waals surface area contributed by atoms with Crippen LogP contribution in [0.5, 0.6) is 0 Å². The Kier molecular flexibility index (Phi) is 4.02. The highest BCUT2D eigenvalue weighted by Crippen LogP contribution is 2.25. The first-order valence-electron chi connectivity index (χ1n) is 6.27. The van der Waals surface area contributed by atoms with Crippen LogP contribution in [0.15, 0.2) is 42.5 Å². The maximum absolute atomic E-state index is 10.7. The third kappa shape index (κ3) is 3.03. The Morgan fingerprint density at radius 3 is 2.68 bits per heavy atom. The summed E-state index contributed by atoms with van der Waals surface area (Å²) in [5.41, 5.74) is 6.62. The second-order valence-electron chi connectivity index (χ2n) is 4.65. The summed E-state index contributed by atoms with van der Waals surface area (Å²) in [6.07, 6.45) is 0.426. The van der Waals surface area contributed by atoms with Crippen LogP contribution in [-0.2, 0) is 4.79 Å². The van der Waals surface area contributed by atoms with E-state index in [1.807, 2.05) is 36.2 Å². The first-order valence-corrected chi connectivity index (χ1v) is 6.27. The predicted molar refractivity (Wildman–Crippen MR) is 77.4 cm³/mol. The molecule has 4 nitrogen and oxygen atoms in total. The van der Waals surface area contributed by atoms with Gasteiger partial charge in [-0.15, -0.1) is 0 Å². The highest BCUT2D eigenvalue weighted by Gasteiger charge is 2.13. The molecule has 0 spiro atoms. The lowest BCUT2D eigenvalue weighted by atomic mass is 10.1. The summed E-state index contributed by atoms with van der Waals surface area (Å²) >= 11 is 0. The predicted octanol–water partition coefficient (Wildman–Crippen LogP) is 2.08. The van der Waals surface area contributed by atoms with Crippen molar-refractivity contribution in [2.24, 2.45) is 5.73 Å². The van der Waals surface area contributed by atoms with Crippen LogP contribution in [0.3, 0.4) is 0 Å². The zero-order valence-electron chi connectivity index (χ0n) is 10.9. The summed E-state index contributed by atoms with van der Waals surface area (Å²) in [6.45, 7) is 0.613. The molecular weight excluding hydrogens is 240 g/mol. The van der Waals surface area contributed by atoms with Crippen LogP contribution < -0.4 is 10.6 Å². The standard InChI is InChI=1S/C15H18N2O2/c1-17(10-9-13(16)15(18)19)14-8-4-6-11-5-2-3-7-12(11)14/h2-8,13H,9-10,16H2,1H3,(H,18,19). The SMILES string of the molecule is CN(CCC(N)C(=O)O)c1cccc2ccccc12. The Labute approximate surface area is 112 Å². The van der Waals surface area contributed by atoms with Crippen molar-refractivity contribution in [2.75, 3.05) is 18.5 Å². The summed E-state index contributed by atoms with van der Waals surface area (Å²) in [5.74, 6) is -0.952. The molecule has 3 N–H and O–H groups in total. The van der Waals surface area contributed by atoms with Crippen LogP contribution in [0.2, 0.25) is 0 Å². The number of fused-ring (bicyclic) bond motifs is 1. The third-order valence-electron chi connectivity index (χ3n) is 3.27. The van der Waals surface area contributed by atoms with Crippen molar-refractivity contribution in [3.05, 3.63) is 42.5 Å². The fraction of sp³-hybridized carbons (Fsp3) is 0.267. The number of hydrogen-bond donors (Lipinski definition) is 2. The molecule has 1 atom stereocenters. The van der Waals surface area contributed by atoms with E-state index in [0.29, 0.717) is 13.0 Å². The molecule has 0 saturated carbocycles. The molecule has 0 amide bonds. The Morgan fingerprint density at radius 1 is 1.26 bits per heavy atom. The van der Waals surface area contributed by atoms with Gasteiger partial charge in [-0.25, -0.2) is 0 Å². The highest BCUT2D eigenvalue weighted by molar-refractivity contribution is 5.94. The molecule has 100 valence electrons. The van der Waals surface area contributed by atoms with Crippen LogP contribution in [0.1, 0.15) is 6.42 Å². The number of hydrogen-bond acceptors (Lipinski definition) is 3. The van der Waals surface area contributed by atoms with E-state index in [9.17, 15) is 4.79 Å². The lowest BCUT2D eigenvalue weighted by molar-refractivity contribution is -0.138. The number of benzene rings is 2. The van der Waals surface area contributed by atoms with Gasteiger partial charge in [0.05, 0.1) is 0 Å². The molecule has 0 bridgehead atoms. The summed E-state index contributed by atoms with van der Waals surface area (Å²) in [5, 5.41) is 11.1. The molecule has 2 aromatic carbocycles. The van der Waals surface area contributed by atoms with E-state index in [1.54, 1.807) is 0 Å². The Hall–Kier alpha value is -2.07. The maximum Gasteiger partial charge on any atom is 0.320 e. The molecule has 4 heteroatoms. The first-order chi connectivity index (χ1) is 9.09. The number of nitrogens with two attached hydrogens (primary N) is 1. The number of anilines is 1. The van der Waals surface area contributed by atoms with Crippen LogP contribution in [-0.4, -0.2) is 30.7 Å². The molecule has 0 fully saturated rings. The Bertz CT molecular complexity index is 578. The molecule has 2 aromatic rings. The monoisotopic (exact) mass is 258 g/mol. The van der Waals surface area contributed by atoms with Gasteiger partial charge in [-0.2, -0.15) is 0 Å². The quantitative estimate of drug-likeness (QED) is 0.861. The van der Waals surface area contributed by atoms with Gasteiger partial charge in [0.25, 0.3) is 0 Å². The fourth-order valence-corrected chi connectivity index (χ4v) is 2.12. The van der Waals surface area contributed by atoms with E-state index in [1.165, 1.54) is 5.39 Å². The smallest absolute Gasteiger partial charge is 0.320 e. The van der Waals surface area contributed by atoms with Crippen LogP contribution >= 0.6 is 0 Å². The molecule has 19 heavy (non-hydrogen) atoms. The van der Waals surface area contributed by atoms with Gasteiger partial charge in [0.2, 0.25) is 0 Å². The molecular formula is C15H18N2O2. The summed E-state index contributed by atoms with van der Waals surface area (Å²) in [7, 11) is 1.95. The van der Waals surface area contributed by atoms with E-state index >= 15 is 0 Å². The zero-order chi connectivity index (χ0) is 13.8. The van der Waals surface area contributed by atoms with Crippen LogP contribution in [0.25, 0.3) is 10.8 Å². The van der Waals surface area contributed by atoms with Gasteiger partial charge in [0.15, 0.2) is 0 Å². The number of carboxylic acids is 1. The Morgan fingerprint density at radius 2 is 1.95 bits per heavy atom. The average molecular weight is 258 g/mol. The lowest BCUT2D eigenvalue weighted by Gasteiger charge is -2.22. The fourth-order valence-electron chi connectivity index (χ4n) is 2.12. The second kappa shape index (κ2) is 5.71. The first kappa shape index (κ1) is 13.4. The highest BCUT2D eigenvalue weighted by atomic mass is 16.4. The van der Waals surface area contributed by atoms with E-state index < -0.39 is 12.0 Å². The third-order valence-corrected chi connectivity index (χ3v) is 3.27. The maximum atomic E-state index is 10.7. The normalized spacial score (nSPS) is 12.3. The van der Waals surface area contributed by atoms with Gasteiger partial charge >= 0.3 is 5.97 Å². The number of rotatable bonds is 5. The van der Waals surface area contributed by atoms with Gasteiger partial charge in [-0.1, -0.05) is 36.4 Å². The van der Waals surface area contributed by atoms with Gasteiger partial charge in [-0.05, 0) is 17.9 Å². The van der Waals surface area contributed by atoms with Crippen LogP contribution in [0, 0.1) is 0 Å². The van der Waals surface area contributed by atoms with Crippen molar-refractivity contribution in [1.29, 1.82) is 0 Å². The molecule has 0 aliphatic rings. The van der Waals surface area contributed by atoms with Crippen molar-refractivity contribution >= 4 is 22.4 Å². The largest absolute Gasteiger partial charge is 0.480 e. The molecule has 2 rings (SSSR count). The van der Waals surface area contributed by atoms with E-state index in [2.05, 4.69) is 18.2 Å². The van der Waals surface area contributed by atoms with Crippen molar-refractivity contribution in [3.8, 4) is 0 Å². The molecule has 0 radical (unpaired) electrons. The summed E-state index contributed by atoms with van der Waals surface area (Å²) in [4.78, 5) is 12.8. The van der Waals surface area contributed by atoms with Crippen molar-refractivity contribution in [2.45, 2.75) is 12.5 Å². The van der Waals surface area contributed by atoms with Gasteiger partial charge in [-0.3, -0.25) is 4.79 Å². The molecule has 0 heterocycles. The van der Waals surface area contributed by atoms with Crippen molar-refractivity contribution < 1.29 is 9.90 Å². The minimum Gasteiger partial charge on any atom is -0.480 e. The van der Waals surface area contributed by atoms with Crippen LogP contribution in [0.4, 0.5) is 5.69 Å². The second-order valence-corrected chi connectivity index (χ2v) is 4.65. The van der Waals surface area contributed by atoms with E-state index in [4.69, 9.17) is 10.8 Å². The van der Waals surface area contributed by atoms with Crippen molar-refractivity contribution in [3.63, 3.8) is 0 Å².